The molecule has 0 radical (unpaired) electrons. The Hall–Kier alpha value is -0.540. The first kappa shape index (κ1) is 13.9. The molecule has 0 aliphatic heterocycles. The highest BCUT2D eigenvalue weighted by Gasteiger charge is 2.65. The zero-order valence-corrected chi connectivity index (χ0v) is 13.3. The molecule has 4 heteroatoms. The molecule has 0 spiro atoms. The van der Waals surface area contributed by atoms with Crippen LogP contribution in [0.15, 0.2) is 22.7 Å². The first-order valence-corrected chi connectivity index (χ1v) is 7.11. The molecule has 0 unspecified atom stereocenters. The quantitative estimate of drug-likeness (QED) is 0.862. The van der Waals surface area contributed by atoms with Crippen molar-refractivity contribution in [3.8, 4) is 0 Å². The summed E-state index contributed by atoms with van der Waals surface area (Å²) in [7, 11) is 0. The molecule has 0 aromatic heterocycles. The molecule has 1 aromatic rings. The average Bonchev–Trinajstić information content (AvgIpc) is 2.64. The summed E-state index contributed by atoms with van der Waals surface area (Å²) in [4.78, 5) is 12.2. The Morgan fingerprint density at radius 3 is 2.33 bits per heavy atom. The number of hydrogen-bond donors (Lipinski definition) is 1. The molecule has 1 aliphatic rings. The van der Waals surface area contributed by atoms with Gasteiger partial charge in [-0.15, -0.1) is 0 Å². The van der Waals surface area contributed by atoms with E-state index in [0.29, 0.717) is 10.6 Å². The molecule has 98 valence electrons. The fraction of sp³-hybridized carbons (Fsp3) is 0.500. The lowest BCUT2D eigenvalue weighted by atomic mass is 10.0. The second-order valence-corrected chi connectivity index (χ2v) is 7.26. The van der Waals surface area contributed by atoms with Crippen LogP contribution in [0.4, 0.5) is 0 Å². The van der Waals surface area contributed by atoms with Crippen molar-refractivity contribution in [3.05, 3.63) is 33.3 Å². The van der Waals surface area contributed by atoms with Gasteiger partial charge in [0.2, 0.25) is 0 Å². The standard InChI is InChI=1S/C14H17BrClNO/c1-13(2)12(14(13,3)4)17-11(18)9-7-8(16)5-6-10(9)15/h5-7,12H,1-4H3,(H,17,18). The molecule has 1 N–H and O–H groups in total. The maximum absolute atomic E-state index is 12.2. The molecule has 0 heterocycles. The van der Waals surface area contributed by atoms with Crippen LogP contribution >= 0.6 is 27.5 Å². The van der Waals surface area contributed by atoms with E-state index in [9.17, 15) is 4.79 Å². The van der Waals surface area contributed by atoms with Gasteiger partial charge in [-0.3, -0.25) is 4.79 Å². The normalized spacial score (nSPS) is 20.6. The maximum Gasteiger partial charge on any atom is 0.252 e. The maximum atomic E-state index is 12.2. The number of amides is 1. The van der Waals surface area contributed by atoms with Gasteiger partial charge in [0.1, 0.15) is 0 Å². The molecular weight excluding hydrogens is 314 g/mol. The minimum Gasteiger partial charge on any atom is -0.348 e. The lowest BCUT2D eigenvalue weighted by Crippen LogP contribution is -2.30. The molecule has 0 saturated heterocycles. The number of carbonyl (C=O) groups excluding carboxylic acids is 1. The zero-order valence-electron chi connectivity index (χ0n) is 11.0. The van der Waals surface area contributed by atoms with Gasteiger partial charge in [0, 0.05) is 15.5 Å². The van der Waals surface area contributed by atoms with Crippen molar-refractivity contribution in [3.63, 3.8) is 0 Å². The summed E-state index contributed by atoms with van der Waals surface area (Å²) in [5.74, 6) is -0.0759. The van der Waals surface area contributed by atoms with Crippen molar-refractivity contribution in [2.75, 3.05) is 0 Å². The fourth-order valence-corrected chi connectivity index (χ4v) is 3.04. The number of carbonyl (C=O) groups is 1. The predicted octanol–water partition coefficient (Wildman–Crippen LogP) is 4.27. The zero-order chi connectivity index (χ0) is 13.7. The van der Waals surface area contributed by atoms with Gasteiger partial charge in [0.05, 0.1) is 5.56 Å². The van der Waals surface area contributed by atoms with E-state index in [1.165, 1.54) is 0 Å². The van der Waals surface area contributed by atoms with Crippen molar-refractivity contribution in [2.45, 2.75) is 33.7 Å². The van der Waals surface area contributed by atoms with E-state index < -0.39 is 0 Å². The molecule has 1 aromatic carbocycles. The molecule has 1 aliphatic carbocycles. The fourth-order valence-electron chi connectivity index (χ4n) is 2.44. The summed E-state index contributed by atoms with van der Waals surface area (Å²) in [5.41, 5.74) is 0.850. The van der Waals surface area contributed by atoms with Crippen LogP contribution in [0.2, 0.25) is 5.02 Å². The molecule has 1 amide bonds. The third-order valence-electron chi connectivity index (χ3n) is 4.47. The third-order valence-corrected chi connectivity index (χ3v) is 5.40. The number of halogens is 2. The Balaban J connectivity index is 2.17. The summed E-state index contributed by atoms with van der Waals surface area (Å²) >= 11 is 9.30. The van der Waals surface area contributed by atoms with Crippen molar-refractivity contribution in [1.29, 1.82) is 0 Å². The second-order valence-electron chi connectivity index (χ2n) is 5.97. The molecule has 2 nitrogen and oxygen atoms in total. The summed E-state index contributed by atoms with van der Waals surface area (Å²) in [6, 6.07) is 5.43. The van der Waals surface area contributed by atoms with Crippen LogP contribution in [-0.2, 0) is 0 Å². The van der Waals surface area contributed by atoms with Crippen LogP contribution < -0.4 is 5.32 Å². The van der Waals surface area contributed by atoms with Crippen LogP contribution in [0.25, 0.3) is 0 Å². The number of hydrogen-bond acceptors (Lipinski definition) is 1. The van der Waals surface area contributed by atoms with Gasteiger partial charge in [-0.2, -0.15) is 0 Å². The summed E-state index contributed by atoms with van der Waals surface area (Å²) < 4.78 is 0.765. The average molecular weight is 331 g/mol. The topological polar surface area (TPSA) is 29.1 Å². The van der Waals surface area contributed by atoms with Gasteiger partial charge in [0.15, 0.2) is 0 Å². The SMILES string of the molecule is CC1(C)C(NC(=O)c2cc(Cl)ccc2Br)C1(C)C. The van der Waals surface area contributed by atoms with E-state index in [4.69, 9.17) is 11.6 Å². The van der Waals surface area contributed by atoms with E-state index in [2.05, 4.69) is 48.9 Å². The molecule has 18 heavy (non-hydrogen) atoms. The Labute approximate surface area is 121 Å². The highest BCUT2D eigenvalue weighted by Crippen LogP contribution is 2.62. The van der Waals surface area contributed by atoms with Crippen LogP contribution in [0.3, 0.4) is 0 Å². The monoisotopic (exact) mass is 329 g/mol. The molecule has 2 rings (SSSR count). The van der Waals surface area contributed by atoms with E-state index >= 15 is 0 Å². The Bertz CT molecular complexity index is 497. The van der Waals surface area contributed by atoms with Gasteiger partial charge >= 0.3 is 0 Å². The van der Waals surface area contributed by atoms with Gasteiger partial charge < -0.3 is 5.32 Å². The molecule has 1 fully saturated rings. The lowest BCUT2D eigenvalue weighted by Gasteiger charge is -2.08. The van der Waals surface area contributed by atoms with Gasteiger partial charge in [0.25, 0.3) is 5.91 Å². The van der Waals surface area contributed by atoms with Gasteiger partial charge in [-0.25, -0.2) is 0 Å². The smallest absolute Gasteiger partial charge is 0.252 e. The van der Waals surface area contributed by atoms with Crippen LogP contribution in [-0.4, -0.2) is 11.9 Å². The second kappa shape index (κ2) is 4.24. The van der Waals surface area contributed by atoms with E-state index in [-0.39, 0.29) is 22.8 Å². The number of rotatable bonds is 2. The highest BCUT2D eigenvalue weighted by molar-refractivity contribution is 9.10. The molecular formula is C14H17BrClNO. The molecule has 0 atom stereocenters. The van der Waals surface area contributed by atoms with Crippen molar-refractivity contribution < 1.29 is 4.79 Å². The molecule has 0 bridgehead atoms. The highest BCUT2D eigenvalue weighted by atomic mass is 79.9. The minimum absolute atomic E-state index is 0.0759. The first-order chi connectivity index (χ1) is 8.18. The summed E-state index contributed by atoms with van der Waals surface area (Å²) in [6.45, 7) is 8.69. The third kappa shape index (κ3) is 2.08. The predicted molar refractivity (Wildman–Crippen MR) is 78.0 cm³/mol. The first-order valence-electron chi connectivity index (χ1n) is 5.94. The van der Waals surface area contributed by atoms with Crippen molar-refractivity contribution >= 4 is 33.4 Å². The Morgan fingerprint density at radius 2 is 1.83 bits per heavy atom. The van der Waals surface area contributed by atoms with Gasteiger partial charge in [-0.05, 0) is 45.0 Å². The summed E-state index contributed by atoms with van der Waals surface area (Å²) in [5, 5.41) is 3.66. The van der Waals surface area contributed by atoms with E-state index in [1.807, 2.05) is 0 Å². The van der Waals surface area contributed by atoms with Gasteiger partial charge in [-0.1, -0.05) is 39.3 Å². The van der Waals surface area contributed by atoms with E-state index in [0.717, 1.165) is 4.47 Å². The summed E-state index contributed by atoms with van der Waals surface area (Å²) in [6.07, 6.45) is 0. The molecule has 1 saturated carbocycles. The van der Waals surface area contributed by atoms with Crippen LogP contribution in [0.1, 0.15) is 38.1 Å². The van der Waals surface area contributed by atoms with Crippen LogP contribution in [0, 0.1) is 10.8 Å². The van der Waals surface area contributed by atoms with Crippen molar-refractivity contribution in [1.82, 2.24) is 5.32 Å². The lowest BCUT2D eigenvalue weighted by molar-refractivity contribution is 0.0943. The van der Waals surface area contributed by atoms with E-state index in [1.54, 1.807) is 18.2 Å². The Kier molecular flexibility index (Phi) is 3.27. The number of benzene rings is 1. The Morgan fingerprint density at radius 1 is 1.28 bits per heavy atom. The van der Waals surface area contributed by atoms with Crippen molar-refractivity contribution in [2.24, 2.45) is 10.8 Å². The minimum atomic E-state index is -0.0759. The van der Waals surface area contributed by atoms with Crippen LogP contribution in [0.5, 0.6) is 0 Å². The number of nitrogens with one attached hydrogen (secondary N) is 1. The largest absolute Gasteiger partial charge is 0.348 e.